The van der Waals surface area contributed by atoms with E-state index < -0.39 is 5.82 Å². The minimum Gasteiger partial charge on any atom is -0.340 e. The van der Waals surface area contributed by atoms with Gasteiger partial charge >= 0.3 is 0 Å². The minimum atomic E-state index is -0.460. The highest BCUT2D eigenvalue weighted by Gasteiger charge is 2.25. The highest BCUT2D eigenvalue weighted by Crippen LogP contribution is 2.22. The summed E-state index contributed by atoms with van der Waals surface area (Å²) in [4.78, 5) is 25.7. The Morgan fingerprint density at radius 1 is 1.03 bits per heavy atom. The Labute approximate surface area is 179 Å². The summed E-state index contributed by atoms with van der Waals surface area (Å²) in [6.07, 6.45) is 0. The first-order chi connectivity index (χ1) is 14.5. The Kier molecular flexibility index (Phi) is 5.81. The van der Waals surface area contributed by atoms with E-state index in [1.807, 2.05) is 43.3 Å². The second kappa shape index (κ2) is 8.67. The molecule has 1 amide bonds. The maximum absolute atomic E-state index is 13.3. The van der Waals surface area contributed by atoms with Crippen LogP contribution in [-0.4, -0.2) is 47.0 Å². The van der Waals surface area contributed by atoms with Crippen molar-refractivity contribution in [3.05, 3.63) is 76.7 Å². The number of carbonyl (C=O) groups is 1. The topological polar surface area (TPSA) is 61.4 Å². The van der Waals surface area contributed by atoms with Gasteiger partial charge in [0.15, 0.2) is 0 Å². The van der Waals surface area contributed by atoms with Crippen molar-refractivity contribution < 1.29 is 9.18 Å². The fraction of sp³-hybridized carbons (Fsp3) is 0.227. The predicted octanol–water partition coefficient (Wildman–Crippen LogP) is 4.28. The molecule has 0 bridgehead atoms. The summed E-state index contributed by atoms with van der Waals surface area (Å²) >= 11 is 6.04. The Bertz CT molecular complexity index is 1050. The van der Waals surface area contributed by atoms with E-state index in [0.717, 1.165) is 23.3 Å². The van der Waals surface area contributed by atoms with Crippen LogP contribution in [0.25, 0.3) is 0 Å². The van der Waals surface area contributed by atoms with Gasteiger partial charge in [0.1, 0.15) is 11.6 Å². The average Bonchev–Trinajstić information content (AvgIpc) is 2.74. The number of nitrogens with zero attached hydrogens (tertiary/aromatic N) is 4. The van der Waals surface area contributed by atoms with Crippen molar-refractivity contribution in [3.8, 4) is 0 Å². The van der Waals surface area contributed by atoms with Crippen LogP contribution in [0.1, 0.15) is 16.1 Å². The summed E-state index contributed by atoms with van der Waals surface area (Å²) in [6.45, 7) is 4.13. The van der Waals surface area contributed by atoms with Crippen LogP contribution in [-0.2, 0) is 0 Å². The lowest BCUT2D eigenvalue weighted by molar-refractivity contribution is 0.0746. The predicted molar refractivity (Wildman–Crippen MR) is 116 cm³/mol. The first kappa shape index (κ1) is 20.1. The molecule has 0 spiro atoms. The zero-order valence-electron chi connectivity index (χ0n) is 16.5. The summed E-state index contributed by atoms with van der Waals surface area (Å²) in [6, 6.07) is 15.6. The molecular weight excluding hydrogens is 405 g/mol. The van der Waals surface area contributed by atoms with Gasteiger partial charge in [-0.25, -0.2) is 9.37 Å². The summed E-state index contributed by atoms with van der Waals surface area (Å²) in [5.74, 6) is 0.690. The molecule has 2 heterocycles. The molecule has 8 heteroatoms. The van der Waals surface area contributed by atoms with Crippen LogP contribution in [0.5, 0.6) is 0 Å². The average molecular weight is 426 g/mol. The van der Waals surface area contributed by atoms with Crippen molar-refractivity contribution in [3.63, 3.8) is 0 Å². The molecule has 2 aromatic carbocycles. The lowest BCUT2D eigenvalue weighted by Gasteiger charge is -2.35. The SMILES string of the molecule is Cc1cc(Nc2ccccc2)nc(N2CCN(C(=O)c3ccc(F)cc3Cl)CC2)n1. The third-order valence-electron chi connectivity index (χ3n) is 4.90. The van der Waals surface area contributed by atoms with E-state index in [1.54, 1.807) is 4.90 Å². The summed E-state index contributed by atoms with van der Waals surface area (Å²) in [5, 5.41) is 3.42. The van der Waals surface area contributed by atoms with Crippen molar-refractivity contribution in [1.29, 1.82) is 0 Å². The Balaban J connectivity index is 1.44. The van der Waals surface area contributed by atoms with Gasteiger partial charge in [-0.3, -0.25) is 4.79 Å². The number of amides is 1. The number of nitrogens with one attached hydrogen (secondary N) is 1. The quantitative estimate of drug-likeness (QED) is 0.675. The zero-order chi connectivity index (χ0) is 21.1. The molecule has 1 aliphatic heterocycles. The monoisotopic (exact) mass is 425 g/mol. The van der Waals surface area contributed by atoms with Gasteiger partial charge in [0.05, 0.1) is 10.6 Å². The number of aryl methyl sites for hydroxylation is 1. The fourth-order valence-corrected chi connectivity index (χ4v) is 3.62. The molecule has 1 aliphatic rings. The third kappa shape index (κ3) is 4.52. The van der Waals surface area contributed by atoms with Gasteiger partial charge < -0.3 is 15.1 Å². The summed E-state index contributed by atoms with van der Waals surface area (Å²) in [5.41, 5.74) is 2.12. The molecule has 0 saturated carbocycles. The molecule has 0 radical (unpaired) electrons. The van der Waals surface area contributed by atoms with Crippen LogP contribution in [0, 0.1) is 12.7 Å². The van der Waals surface area contributed by atoms with Crippen LogP contribution in [0.15, 0.2) is 54.6 Å². The molecule has 0 atom stereocenters. The lowest BCUT2D eigenvalue weighted by atomic mass is 10.1. The van der Waals surface area contributed by atoms with E-state index in [9.17, 15) is 9.18 Å². The van der Waals surface area contributed by atoms with Crippen molar-refractivity contribution in [2.24, 2.45) is 0 Å². The fourth-order valence-electron chi connectivity index (χ4n) is 3.37. The molecule has 0 unspecified atom stereocenters. The molecule has 1 aromatic heterocycles. The number of carbonyl (C=O) groups excluding carboxylic acids is 1. The van der Waals surface area contributed by atoms with E-state index in [-0.39, 0.29) is 10.9 Å². The molecule has 1 fully saturated rings. The molecular formula is C22H21ClFN5O. The molecule has 154 valence electrons. The highest BCUT2D eigenvalue weighted by atomic mass is 35.5. The van der Waals surface area contributed by atoms with E-state index >= 15 is 0 Å². The van der Waals surface area contributed by atoms with Gasteiger partial charge in [0.2, 0.25) is 5.95 Å². The van der Waals surface area contributed by atoms with Gasteiger partial charge in [0.25, 0.3) is 5.91 Å². The molecule has 0 aliphatic carbocycles. The number of benzene rings is 2. The molecule has 30 heavy (non-hydrogen) atoms. The maximum Gasteiger partial charge on any atom is 0.255 e. The van der Waals surface area contributed by atoms with Gasteiger partial charge in [-0.2, -0.15) is 4.98 Å². The number of hydrogen-bond acceptors (Lipinski definition) is 5. The lowest BCUT2D eigenvalue weighted by Crippen LogP contribution is -2.49. The number of aromatic nitrogens is 2. The van der Waals surface area contributed by atoms with Crippen molar-refractivity contribution in [2.45, 2.75) is 6.92 Å². The van der Waals surface area contributed by atoms with Crippen molar-refractivity contribution in [2.75, 3.05) is 36.4 Å². The standard InChI is InChI=1S/C22H21ClFN5O/c1-15-13-20(26-17-5-3-2-4-6-17)27-22(25-15)29-11-9-28(10-12-29)21(30)18-8-7-16(24)14-19(18)23/h2-8,13-14H,9-12H2,1H3,(H,25,26,27). The highest BCUT2D eigenvalue weighted by molar-refractivity contribution is 6.33. The zero-order valence-corrected chi connectivity index (χ0v) is 17.2. The minimum absolute atomic E-state index is 0.126. The molecule has 1 saturated heterocycles. The van der Waals surface area contributed by atoms with Crippen molar-refractivity contribution >= 4 is 35.0 Å². The molecule has 1 N–H and O–H groups in total. The Morgan fingerprint density at radius 3 is 2.47 bits per heavy atom. The molecule has 3 aromatic rings. The van der Waals surface area contributed by atoms with E-state index in [2.05, 4.69) is 20.2 Å². The van der Waals surface area contributed by atoms with Crippen LogP contribution < -0.4 is 10.2 Å². The van der Waals surface area contributed by atoms with Crippen LogP contribution in [0.2, 0.25) is 5.02 Å². The molecule has 6 nitrogen and oxygen atoms in total. The van der Waals surface area contributed by atoms with Gasteiger partial charge in [0, 0.05) is 43.6 Å². The second-order valence-electron chi connectivity index (χ2n) is 7.09. The Hall–Kier alpha value is -3.19. The Morgan fingerprint density at radius 2 is 1.77 bits per heavy atom. The van der Waals surface area contributed by atoms with Crippen LogP contribution in [0.3, 0.4) is 0 Å². The van der Waals surface area contributed by atoms with E-state index in [1.165, 1.54) is 12.1 Å². The largest absolute Gasteiger partial charge is 0.340 e. The second-order valence-corrected chi connectivity index (χ2v) is 7.50. The third-order valence-corrected chi connectivity index (χ3v) is 5.21. The van der Waals surface area contributed by atoms with Crippen LogP contribution in [0.4, 0.5) is 21.8 Å². The molecule has 4 rings (SSSR count). The first-order valence-electron chi connectivity index (χ1n) is 9.66. The van der Waals surface area contributed by atoms with Crippen molar-refractivity contribution in [1.82, 2.24) is 14.9 Å². The number of para-hydroxylation sites is 1. The normalized spacial score (nSPS) is 14.0. The smallest absolute Gasteiger partial charge is 0.255 e. The number of anilines is 3. The summed E-state index contributed by atoms with van der Waals surface area (Å²) in [7, 11) is 0. The first-order valence-corrected chi connectivity index (χ1v) is 10.0. The van der Waals surface area contributed by atoms with Gasteiger partial charge in [-0.1, -0.05) is 29.8 Å². The van der Waals surface area contributed by atoms with E-state index in [4.69, 9.17) is 11.6 Å². The number of halogens is 2. The van der Waals surface area contributed by atoms with Crippen LogP contribution >= 0.6 is 11.6 Å². The summed E-state index contributed by atoms with van der Waals surface area (Å²) < 4.78 is 13.3. The number of piperazine rings is 1. The van der Waals surface area contributed by atoms with Gasteiger partial charge in [-0.15, -0.1) is 0 Å². The van der Waals surface area contributed by atoms with E-state index in [0.29, 0.717) is 37.7 Å². The van der Waals surface area contributed by atoms with Gasteiger partial charge in [-0.05, 0) is 37.3 Å². The number of hydrogen-bond donors (Lipinski definition) is 1. The maximum atomic E-state index is 13.3. The number of rotatable bonds is 4.